The van der Waals surface area contributed by atoms with Gasteiger partial charge in [0, 0.05) is 12.1 Å². The monoisotopic (exact) mass is 395 g/mol. The quantitative estimate of drug-likeness (QED) is 0.635. The van der Waals surface area contributed by atoms with Crippen LogP contribution in [-0.2, 0) is 0 Å². The predicted octanol–water partition coefficient (Wildman–Crippen LogP) is 5.22. The summed E-state index contributed by atoms with van der Waals surface area (Å²) in [5, 5.41) is 9.26. The molecule has 1 aromatic carbocycles. The number of anilines is 1. The topological polar surface area (TPSA) is 37.0 Å². The van der Waals surface area contributed by atoms with Crippen molar-refractivity contribution >= 4 is 52.1 Å². The normalized spacial score (nSPS) is 14.6. The molecule has 1 aliphatic heterocycles. The minimum atomic E-state index is 0. The molecule has 0 saturated carbocycles. The molecule has 2 N–H and O–H groups in total. The van der Waals surface area contributed by atoms with E-state index in [9.17, 15) is 0 Å². The van der Waals surface area contributed by atoms with Crippen LogP contribution in [0.4, 0.5) is 5.69 Å². The molecule has 3 aromatic rings. The zero-order valence-corrected chi connectivity index (χ0v) is 16.4. The maximum atomic E-state index is 4.82. The average Bonchev–Trinajstić information content (AvgIpc) is 3.10. The second kappa shape index (κ2) is 9.39. The fourth-order valence-electron chi connectivity index (χ4n) is 3.18. The van der Waals surface area contributed by atoms with Crippen LogP contribution >= 0.6 is 36.2 Å². The molecule has 0 atom stereocenters. The first-order chi connectivity index (χ1) is 11.4. The lowest BCUT2D eigenvalue weighted by Gasteiger charge is -2.23. The Hall–Kier alpha value is -1.33. The van der Waals surface area contributed by atoms with E-state index in [4.69, 9.17) is 4.98 Å². The number of benzene rings is 1. The first-order valence-electron chi connectivity index (χ1n) is 8.28. The third-order valence-corrected chi connectivity index (χ3v) is 5.46. The molecule has 4 rings (SSSR count). The molecule has 6 heteroatoms. The number of halogens is 2. The van der Waals surface area contributed by atoms with E-state index in [-0.39, 0.29) is 24.8 Å². The highest BCUT2D eigenvalue weighted by atomic mass is 35.5. The number of fused-ring (bicyclic) bond motifs is 1. The van der Waals surface area contributed by atoms with E-state index in [1.165, 1.54) is 28.8 Å². The molecule has 0 radical (unpaired) electrons. The molecule has 0 aliphatic carbocycles. The van der Waals surface area contributed by atoms with Gasteiger partial charge in [-0.15, -0.1) is 36.2 Å². The van der Waals surface area contributed by atoms with Gasteiger partial charge < -0.3 is 10.6 Å². The summed E-state index contributed by atoms with van der Waals surface area (Å²) in [7, 11) is 0. The third-order valence-electron chi connectivity index (χ3n) is 4.52. The van der Waals surface area contributed by atoms with Crippen LogP contribution in [0.3, 0.4) is 0 Å². The van der Waals surface area contributed by atoms with E-state index in [1.807, 2.05) is 6.07 Å². The zero-order chi connectivity index (χ0) is 15.5. The van der Waals surface area contributed by atoms with Gasteiger partial charge in [0.1, 0.15) is 0 Å². The number of nitrogens with zero attached hydrogens (tertiary/aromatic N) is 1. The molecule has 1 fully saturated rings. The van der Waals surface area contributed by atoms with Gasteiger partial charge in [-0.2, -0.15) is 0 Å². The maximum Gasteiger partial charge on any atom is 0.0838 e. The van der Waals surface area contributed by atoms with Gasteiger partial charge in [0.2, 0.25) is 0 Å². The summed E-state index contributed by atoms with van der Waals surface area (Å²) in [4.78, 5) is 4.82. The predicted molar refractivity (Wildman–Crippen MR) is 114 cm³/mol. The Morgan fingerprint density at radius 3 is 2.60 bits per heavy atom. The minimum Gasteiger partial charge on any atom is -0.383 e. The maximum absolute atomic E-state index is 4.82. The molecule has 3 nitrogen and oxygen atoms in total. The number of piperidine rings is 1. The molecule has 134 valence electrons. The molecule has 3 heterocycles. The Morgan fingerprint density at radius 2 is 1.84 bits per heavy atom. The average molecular weight is 396 g/mol. The highest BCUT2D eigenvalue weighted by Gasteiger charge is 2.14. The SMILES string of the molecule is Cl.Cl.c1ccc(-c2cc(NCC3CCNCC3)c3sccc3n2)cc1. The van der Waals surface area contributed by atoms with E-state index in [1.54, 1.807) is 11.3 Å². The number of hydrogen-bond donors (Lipinski definition) is 2. The van der Waals surface area contributed by atoms with Crippen molar-refractivity contribution in [2.45, 2.75) is 12.8 Å². The molecule has 2 aromatic heterocycles. The molecule has 0 bridgehead atoms. The third kappa shape index (κ3) is 4.64. The van der Waals surface area contributed by atoms with Gasteiger partial charge in [-0.3, -0.25) is 0 Å². The number of nitrogens with one attached hydrogen (secondary N) is 2. The van der Waals surface area contributed by atoms with Crippen molar-refractivity contribution < 1.29 is 0 Å². The van der Waals surface area contributed by atoms with E-state index >= 15 is 0 Å². The second-order valence-electron chi connectivity index (χ2n) is 6.13. The fraction of sp³-hybridized carbons (Fsp3) is 0.316. The van der Waals surface area contributed by atoms with Crippen LogP contribution < -0.4 is 10.6 Å². The molecular formula is C19H23Cl2N3S. The van der Waals surface area contributed by atoms with Crippen LogP contribution in [0.25, 0.3) is 21.5 Å². The van der Waals surface area contributed by atoms with Gasteiger partial charge >= 0.3 is 0 Å². The van der Waals surface area contributed by atoms with E-state index in [0.717, 1.165) is 36.8 Å². The van der Waals surface area contributed by atoms with Crippen LogP contribution in [0.5, 0.6) is 0 Å². The lowest BCUT2D eigenvalue weighted by atomic mass is 9.98. The summed E-state index contributed by atoms with van der Waals surface area (Å²) in [5.74, 6) is 0.764. The van der Waals surface area contributed by atoms with Gasteiger partial charge in [0.05, 0.1) is 21.6 Å². The zero-order valence-electron chi connectivity index (χ0n) is 13.9. The highest BCUT2D eigenvalue weighted by Crippen LogP contribution is 2.32. The largest absolute Gasteiger partial charge is 0.383 e. The summed E-state index contributed by atoms with van der Waals surface area (Å²) in [5.41, 5.74) is 4.53. The molecule has 1 saturated heterocycles. The Balaban J connectivity index is 0.00000113. The van der Waals surface area contributed by atoms with Crippen molar-refractivity contribution in [2.75, 3.05) is 25.0 Å². The first-order valence-corrected chi connectivity index (χ1v) is 9.16. The van der Waals surface area contributed by atoms with Crippen LogP contribution in [0, 0.1) is 5.92 Å². The number of aromatic nitrogens is 1. The fourth-order valence-corrected chi connectivity index (χ4v) is 4.01. The number of pyridine rings is 1. The molecule has 0 spiro atoms. The van der Waals surface area contributed by atoms with Crippen molar-refractivity contribution in [3.05, 3.63) is 47.8 Å². The van der Waals surface area contributed by atoms with Crippen LogP contribution in [0.15, 0.2) is 47.8 Å². The lowest BCUT2D eigenvalue weighted by molar-refractivity contribution is 0.390. The smallest absolute Gasteiger partial charge is 0.0838 e. The van der Waals surface area contributed by atoms with Gasteiger partial charge in [0.15, 0.2) is 0 Å². The molecule has 25 heavy (non-hydrogen) atoms. The molecule has 1 aliphatic rings. The van der Waals surface area contributed by atoms with Crippen molar-refractivity contribution in [2.24, 2.45) is 5.92 Å². The Morgan fingerprint density at radius 1 is 1.08 bits per heavy atom. The first kappa shape index (κ1) is 20.0. The van der Waals surface area contributed by atoms with Crippen molar-refractivity contribution in [1.82, 2.24) is 10.3 Å². The number of rotatable bonds is 4. The van der Waals surface area contributed by atoms with E-state index in [2.05, 4.69) is 52.4 Å². The second-order valence-corrected chi connectivity index (χ2v) is 7.05. The van der Waals surface area contributed by atoms with Crippen molar-refractivity contribution in [1.29, 1.82) is 0 Å². The summed E-state index contributed by atoms with van der Waals surface area (Å²) in [6, 6.07) is 14.7. The number of hydrogen-bond acceptors (Lipinski definition) is 4. The van der Waals surface area contributed by atoms with E-state index in [0.29, 0.717) is 0 Å². The van der Waals surface area contributed by atoms with Gasteiger partial charge in [0.25, 0.3) is 0 Å². The van der Waals surface area contributed by atoms with Crippen molar-refractivity contribution in [3.63, 3.8) is 0 Å². The summed E-state index contributed by atoms with van der Waals surface area (Å²) < 4.78 is 1.26. The Labute approximate surface area is 165 Å². The van der Waals surface area contributed by atoms with Crippen molar-refractivity contribution in [3.8, 4) is 11.3 Å². The van der Waals surface area contributed by atoms with Crippen LogP contribution in [0.2, 0.25) is 0 Å². The lowest BCUT2D eigenvalue weighted by Crippen LogP contribution is -2.31. The van der Waals surface area contributed by atoms with Crippen LogP contribution in [-0.4, -0.2) is 24.6 Å². The standard InChI is InChI=1S/C19H21N3S.2ClH/c1-2-4-15(5-3-1)17-12-18(19-16(22-17)8-11-23-19)21-13-14-6-9-20-10-7-14;;/h1-5,8,11-12,14,20H,6-7,9-10,13H2,(H,21,22);2*1H. The van der Waals surface area contributed by atoms with Gasteiger partial charge in [-0.1, -0.05) is 30.3 Å². The van der Waals surface area contributed by atoms with Gasteiger partial charge in [-0.05, 0) is 49.4 Å². The molecular weight excluding hydrogens is 373 g/mol. The van der Waals surface area contributed by atoms with E-state index < -0.39 is 0 Å². The highest BCUT2D eigenvalue weighted by molar-refractivity contribution is 7.17. The Bertz CT molecular complexity index is 786. The molecule has 0 amide bonds. The molecule has 0 unspecified atom stereocenters. The summed E-state index contributed by atoms with van der Waals surface area (Å²) in [6.45, 7) is 3.34. The van der Waals surface area contributed by atoms with Gasteiger partial charge in [-0.25, -0.2) is 4.98 Å². The Kier molecular flexibility index (Phi) is 7.51. The van der Waals surface area contributed by atoms with Crippen LogP contribution in [0.1, 0.15) is 12.8 Å². The number of thiophene rings is 1. The summed E-state index contributed by atoms with van der Waals surface area (Å²) in [6.07, 6.45) is 2.52. The minimum absolute atomic E-state index is 0. The summed E-state index contributed by atoms with van der Waals surface area (Å²) >= 11 is 1.77.